The maximum absolute atomic E-state index is 6.32. The van der Waals surface area contributed by atoms with Crippen molar-refractivity contribution in [2.45, 2.75) is 58.9 Å². The predicted octanol–water partition coefficient (Wildman–Crippen LogP) is 6.93. The van der Waals surface area contributed by atoms with Gasteiger partial charge in [0.2, 0.25) is 0 Å². The highest BCUT2D eigenvalue weighted by atomic mass is 32.1. The molecular formula is C25H37NO3SSi. The van der Waals surface area contributed by atoms with Gasteiger partial charge >= 0.3 is 0 Å². The molecule has 6 heteroatoms. The molecule has 1 aliphatic heterocycles. The van der Waals surface area contributed by atoms with E-state index in [0.717, 1.165) is 29.5 Å². The van der Waals surface area contributed by atoms with Gasteiger partial charge in [0.05, 0.1) is 11.5 Å². The van der Waals surface area contributed by atoms with Gasteiger partial charge in [-0.1, -0.05) is 39.0 Å². The topological polar surface area (TPSA) is 30.9 Å². The molecule has 0 spiro atoms. The van der Waals surface area contributed by atoms with Gasteiger partial charge in [0, 0.05) is 24.2 Å². The average Bonchev–Trinajstić information content (AvgIpc) is 3.14. The highest BCUT2D eigenvalue weighted by molar-refractivity contribution is 7.11. The van der Waals surface area contributed by atoms with Crippen LogP contribution in [0.5, 0.6) is 11.5 Å². The number of anilines is 1. The Balaban J connectivity index is 1.61. The first-order chi connectivity index (χ1) is 14.6. The minimum atomic E-state index is -1.79. The van der Waals surface area contributed by atoms with Crippen molar-refractivity contribution in [3.63, 3.8) is 0 Å². The molecule has 1 unspecified atom stereocenters. The van der Waals surface area contributed by atoms with E-state index in [1.54, 1.807) is 11.3 Å². The summed E-state index contributed by atoms with van der Waals surface area (Å²) in [5.41, 5.74) is 2.44. The molecule has 0 bridgehead atoms. The summed E-state index contributed by atoms with van der Waals surface area (Å²) in [5, 5.41) is 2.23. The summed E-state index contributed by atoms with van der Waals surface area (Å²) in [4.78, 5) is 3.44. The lowest BCUT2D eigenvalue weighted by atomic mass is 10.1. The van der Waals surface area contributed by atoms with E-state index in [9.17, 15) is 0 Å². The van der Waals surface area contributed by atoms with Crippen LogP contribution < -0.4 is 14.4 Å². The van der Waals surface area contributed by atoms with E-state index in [2.05, 4.69) is 89.0 Å². The summed E-state index contributed by atoms with van der Waals surface area (Å²) in [6.07, 6.45) is 4.19. The van der Waals surface area contributed by atoms with Crippen LogP contribution >= 0.6 is 11.3 Å². The number of thiophene rings is 1. The third-order valence-electron chi connectivity index (χ3n) is 6.33. The van der Waals surface area contributed by atoms with Gasteiger partial charge in [-0.25, -0.2) is 0 Å². The zero-order valence-corrected chi connectivity index (χ0v) is 21.8. The molecule has 0 aliphatic carbocycles. The minimum absolute atomic E-state index is 0.0549. The number of hydrogen-bond donors (Lipinski definition) is 0. The van der Waals surface area contributed by atoms with Crippen LogP contribution in [0.2, 0.25) is 18.1 Å². The molecule has 4 nitrogen and oxygen atoms in total. The third kappa shape index (κ3) is 5.73. The lowest BCUT2D eigenvalue weighted by Crippen LogP contribution is -2.45. The molecule has 0 saturated heterocycles. The quantitative estimate of drug-likeness (QED) is 0.401. The number of benzene rings is 1. The fourth-order valence-corrected chi connectivity index (χ4v) is 5.08. The van der Waals surface area contributed by atoms with E-state index in [1.807, 2.05) is 5.38 Å². The molecular weight excluding hydrogens is 422 g/mol. The van der Waals surface area contributed by atoms with E-state index < -0.39 is 8.32 Å². The van der Waals surface area contributed by atoms with Crippen molar-refractivity contribution in [3.8, 4) is 11.5 Å². The van der Waals surface area contributed by atoms with Crippen LogP contribution in [0, 0.1) is 0 Å². The molecule has 2 aromatic rings. The fraction of sp³-hybridized carbons (Fsp3) is 0.520. The molecule has 3 rings (SSSR count). The van der Waals surface area contributed by atoms with Crippen LogP contribution in [-0.4, -0.2) is 40.7 Å². The Bertz CT molecular complexity index is 879. The van der Waals surface area contributed by atoms with Crippen molar-refractivity contribution in [2.24, 2.45) is 0 Å². The first-order valence-electron chi connectivity index (χ1n) is 11.2. The van der Waals surface area contributed by atoms with Crippen LogP contribution in [0.1, 0.15) is 45.1 Å². The SMILES string of the molecule is CCN(CC)c1ccc(C=Cc2scc3c2OCC(CO[Si](C)(C)C(C)(C)C)O3)cc1. The first kappa shape index (κ1) is 23.9. The van der Waals surface area contributed by atoms with Crippen LogP contribution in [0.4, 0.5) is 5.69 Å². The zero-order chi connectivity index (χ0) is 22.6. The Morgan fingerprint density at radius 3 is 2.42 bits per heavy atom. The minimum Gasteiger partial charge on any atom is -0.484 e. The van der Waals surface area contributed by atoms with Crippen LogP contribution in [0.25, 0.3) is 12.2 Å². The molecule has 1 aliphatic rings. The number of nitrogens with zero attached hydrogens (tertiary/aromatic N) is 1. The van der Waals surface area contributed by atoms with Crippen LogP contribution in [0.15, 0.2) is 29.6 Å². The average molecular weight is 460 g/mol. The zero-order valence-electron chi connectivity index (χ0n) is 20.0. The van der Waals surface area contributed by atoms with Gasteiger partial charge in [-0.15, -0.1) is 11.3 Å². The summed E-state index contributed by atoms with van der Waals surface area (Å²) in [5.74, 6) is 1.68. The van der Waals surface area contributed by atoms with E-state index in [1.165, 1.54) is 11.3 Å². The summed E-state index contributed by atoms with van der Waals surface area (Å²) in [7, 11) is -1.79. The molecule has 1 atom stereocenters. The molecule has 0 amide bonds. The number of ether oxygens (including phenoxy) is 2. The molecule has 31 heavy (non-hydrogen) atoms. The molecule has 0 N–H and O–H groups in total. The van der Waals surface area contributed by atoms with Gasteiger partial charge in [0.15, 0.2) is 25.9 Å². The highest BCUT2D eigenvalue weighted by Crippen LogP contribution is 2.42. The van der Waals surface area contributed by atoms with Crippen molar-refractivity contribution < 1.29 is 13.9 Å². The van der Waals surface area contributed by atoms with Crippen molar-refractivity contribution in [1.29, 1.82) is 0 Å². The second kappa shape index (κ2) is 9.80. The number of fused-ring (bicyclic) bond motifs is 1. The largest absolute Gasteiger partial charge is 0.484 e. The van der Waals surface area contributed by atoms with E-state index >= 15 is 0 Å². The summed E-state index contributed by atoms with van der Waals surface area (Å²) >= 11 is 1.65. The number of hydrogen-bond acceptors (Lipinski definition) is 5. The lowest BCUT2D eigenvalue weighted by molar-refractivity contribution is 0.0501. The second-order valence-electron chi connectivity index (χ2n) is 9.51. The summed E-state index contributed by atoms with van der Waals surface area (Å²) in [6, 6.07) is 8.69. The Morgan fingerprint density at radius 1 is 1.13 bits per heavy atom. The van der Waals surface area contributed by atoms with Crippen molar-refractivity contribution in [2.75, 3.05) is 31.2 Å². The van der Waals surface area contributed by atoms with Crippen molar-refractivity contribution in [3.05, 3.63) is 40.1 Å². The van der Waals surface area contributed by atoms with Crippen LogP contribution in [0.3, 0.4) is 0 Å². The van der Waals surface area contributed by atoms with Gasteiger partial charge in [0.25, 0.3) is 0 Å². The Labute approximate surface area is 193 Å². The Kier molecular flexibility index (Phi) is 7.55. The smallest absolute Gasteiger partial charge is 0.192 e. The van der Waals surface area contributed by atoms with Gasteiger partial charge in [-0.05, 0) is 55.8 Å². The third-order valence-corrected chi connectivity index (χ3v) is 11.7. The van der Waals surface area contributed by atoms with Gasteiger partial charge in [-0.3, -0.25) is 0 Å². The lowest BCUT2D eigenvalue weighted by Gasteiger charge is -2.37. The van der Waals surface area contributed by atoms with Gasteiger partial charge < -0.3 is 18.8 Å². The van der Waals surface area contributed by atoms with Crippen LogP contribution in [-0.2, 0) is 4.43 Å². The first-order valence-corrected chi connectivity index (χ1v) is 15.0. The van der Waals surface area contributed by atoms with Crippen molar-refractivity contribution >= 4 is 37.5 Å². The number of rotatable bonds is 8. The maximum Gasteiger partial charge on any atom is 0.192 e. The monoisotopic (exact) mass is 459 g/mol. The standard InChI is InChI=1S/C25H37NO3SSi/c1-8-26(9-2)20-13-10-19(11-14-20)12-15-23-24-22(18-30-23)29-21(16-27-24)17-28-31(6,7)25(3,4)5/h10-15,18,21H,8-9,16-17H2,1-7H3. The second-order valence-corrected chi connectivity index (χ2v) is 15.2. The Morgan fingerprint density at radius 2 is 1.81 bits per heavy atom. The van der Waals surface area contributed by atoms with E-state index in [-0.39, 0.29) is 11.1 Å². The maximum atomic E-state index is 6.32. The van der Waals surface area contributed by atoms with E-state index in [4.69, 9.17) is 13.9 Å². The molecule has 0 radical (unpaired) electrons. The fourth-order valence-electron chi connectivity index (χ4n) is 3.23. The molecule has 0 fully saturated rings. The van der Waals surface area contributed by atoms with E-state index in [0.29, 0.717) is 13.2 Å². The molecule has 2 heterocycles. The molecule has 1 aromatic heterocycles. The Hall–Kier alpha value is -1.76. The summed E-state index contributed by atoms with van der Waals surface area (Å²) in [6.45, 7) is 18.8. The predicted molar refractivity (Wildman–Crippen MR) is 136 cm³/mol. The summed E-state index contributed by atoms with van der Waals surface area (Å²) < 4.78 is 18.6. The molecule has 170 valence electrons. The molecule has 1 aromatic carbocycles. The van der Waals surface area contributed by atoms with Gasteiger partial charge in [0.1, 0.15) is 6.61 Å². The van der Waals surface area contributed by atoms with Gasteiger partial charge in [-0.2, -0.15) is 0 Å². The normalized spacial score (nSPS) is 16.7. The molecule has 0 saturated carbocycles. The van der Waals surface area contributed by atoms with Crippen molar-refractivity contribution in [1.82, 2.24) is 0 Å². The highest BCUT2D eigenvalue weighted by Gasteiger charge is 2.38.